The maximum absolute atomic E-state index is 12.4. The minimum Gasteiger partial charge on any atom is -0.310 e. The number of hydrogen-bond donors (Lipinski definition) is 0. The van der Waals surface area contributed by atoms with Gasteiger partial charge in [0, 0.05) is 22.2 Å². The van der Waals surface area contributed by atoms with Crippen LogP contribution in [0.1, 0.15) is 6.92 Å². The predicted octanol–water partition coefficient (Wildman–Crippen LogP) is 3.67. The molecule has 1 aliphatic rings. The lowest BCUT2D eigenvalue weighted by Crippen LogP contribution is -2.36. The quantitative estimate of drug-likeness (QED) is 0.795. The molecule has 1 heterocycles. The van der Waals surface area contributed by atoms with Crippen LogP contribution in [0.15, 0.2) is 23.1 Å². The van der Waals surface area contributed by atoms with Crippen molar-refractivity contribution in [1.29, 1.82) is 5.26 Å². The zero-order valence-corrected chi connectivity index (χ0v) is 13.5. The summed E-state index contributed by atoms with van der Waals surface area (Å²) < 4.78 is 0. The van der Waals surface area contributed by atoms with Crippen molar-refractivity contribution in [2.75, 3.05) is 28.7 Å². The van der Waals surface area contributed by atoms with E-state index in [1.54, 1.807) is 11.8 Å². The molecule has 0 spiro atoms. The molecule has 0 aromatic heterocycles. The van der Waals surface area contributed by atoms with Crippen LogP contribution < -0.4 is 4.90 Å². The number of carbonyl (C=O) groups excluding carboxylic acids is 1. The number of hydrogen-bond acceptors (Lipinski definition) is 4. The summed E-state index contributed by atoms with van der Waals surface area (Å²) in [7, 11) is 0. The van der Waals surface area contributed by atoms with Crippen LogP contribution in [0.5, 0.6) is 0 Å². The number of nitrogens with zero attached hydrogens (tertiary/aromatic N) is 2. The summed E-state index contributed by atoms with van der Waals surface area (Å²) in [6, 6.07) is 7.73. The molecule has 0 bridgehead atoms. The lowest BCUT2D eigenvalue weighted by molar-refractivity contribution is -0.116. The Balaban J connectivity index is 2.24. The normalized spacial score (nSPS) is 18.1. The number of benzene rings is 1. The van der Waals surface area contributed by atoms with Gasteiger partial charge in [0.15, 0.2) is 0 Å². The van der Waals surface area contributed by atoms with E-state index < -0.39 is 0 Å². The number of amides is 1. The lowest BCUT2D eigenvalue weighted by atomic mass is 10.2. The maximum atomic E-state index is 12.4. The molecule has 1 atom stereocenters. The van der Waals surface area contributed by atoms with E-state index in [1.165, 1.54) is 11.8 Å². The molecular formula is C14H15ClN2OS2. The van der Waals surface area contributed by atoms with E-state index in [2.05, 4.69) is 6.92 Å². The van der Waals surface area contributed by atoms with Crippen LogP contribution in [0.25, 0.3) is 0 Å². The number of nitriles is 1. The molecule has 20 heavy (non-hydrogen) atoms. The first-order valence-corrected chi connectivity index (χ1v) is 8.81. The van der Waals surface area contributed by atoms with Crippen molar-refractivity contribution in [3.8, 4) is 6.07 Å². The second kappa shape index (κ2) is 7.26. The third-order valence-electron chi connectivity index (χ3n) is 2.92. The van der Waals surface area contributed by atoms with Gasteiger partial charge in [-0.2, -0.15) is 5.26 Å². The molecule has 0 saturated heterocycles. The number of thioether (sulfide) groups is 2. The highest BCUT2D eigenvalue weighted by Gasteiger charge is 2.24. The molecule has 0 saturated carbocycles. The fraction of sp³-hybridized carbons (Fsp3) is 0.429. The van der Waals surface area contributed by atoms with Crippen molar-refractivity contribution in [2.24, 2.45) is 5.92 Å². The Hall–Kier alpha value is -0.830. The lowest BCUT2D eigenvalue weighted by Gasteiger charge is -2.24. The Morgan fingerprint density at radius 2 is 2.45 bits per heavy atom. The minimum atomic E-state index is 0.0446. The summed E-state index contributed by atoms with van der Waals surface area (Å²) in [6.07, 6.45) is 0. The largest absolute Gasteiger partial charge is 0.310 e. The Morgan fingerprint density at radius 3 is 3.20 bits per heavy atom. The molecule has 3 nitrogen and oxygen atoms in total. The van der Waals surface area contributed by atoms with E-state index in [9.17, 15) is 4.79 Å². The zero-order valence-electron chi connectivity index (χ0n) is 11.1. The summed E-state index contributed by atoms with van der Waals surface area (Å²) in [5, 5.41) is 9.19. The number of carbonyl (C=O) groups is 1. The Bertz CT molecular complexity index is 544. The monoisotopic (exact) mass is 326 g/mol. The van der Waals surface area contributed by atoms with Gasteiger partial charge < -0.3 is 4.90 Å². The molecule has 106 valence electrons. The number of halogens is 1. The third kappa shape index (κ3) is 3.85. The Morgan fingerprint density at radius 1 is 1.65 bits per heavy atom. The molecule has 1 aromatic carbocycles. The number of rotatable bonds is 3. The van der Waals surface area contributed by atoms with Crippen molar-refractivity contribution < 1.29 is 4.79 Å². The number of anilines is 1. The molecule has 0 N–H and O–H groups in total. The van der Waals surface area contributed by atoms with Gasteiger partial charge in [0.2, 0.25) is 5.91 Å². The Kier molecular flexibility index (Phi) is 5.64. The highest BCUT2D eigenvalue weighted by atomic mass is 35.5. The molecule has 1 amide bonds. The molecule has 6 heteroatoms. The van der Waals surface area contributed by atoms with Crippen LogP contribution in [0.2, 0.25) is 5.02 Å². The van der Waals surface area contributed by atoms with Gasteiger partial charge in [0.05, 0.1) is 23.3 Å². The second-order valence-electron chi connectivity index (χ2n) is 4.68. The van der Waals surface area contributed by atoms with Gasteiger partial charge in [0.1, 0.15) is 0 Å². The first-order chi connectivity index (χ1) is 9.61. The van der Waals surface area contributed by atoms with E-state index in [0.717, 1.165) is 16.3 Å². The second-order valence-corrected chi connectivity index (χ2v) is 7.17. The third-order valence-corrected chi connectivity index (χ3v) is 5.33. The van der Waals surface area contributed by atoms with Crippen molar-refractivity contribution >= 4 is 46.7 Å². The van der Waals surface area contributed by atoms with E-state index in [0.29, 0.717) is 29.0 Å². The summed E-state index contributed by atoms with van der Waals surface area (Å²) in [4.78, 5) is 15.3. The maximum Gasteiger partial charge on any atom is 0.237 e. The molecule has 1 unspecified atom stereocenters. The van der Waals surface area contributed by atoms with Crippen molar-refractivity contribution in [2.45, 2.75) is 11.8 Å². The van der Waals surface area contributed by atoms with Crippen molar-refractivity contribution in [1.82, 2.24) is 0 Å². The van der Waals surface area contributed by atoms with Crippen LogP contribution in [0, 0.1) is 17.2 Å². The smallest absolute Gasteiger partial charge is 0.237 e. The fourth-order valence-corrected chi connectivity index (χ4v) is 3.76. The van der Waals surface area contributed by atoms with Crippen molar-refractivity contribution in [3.63, 3.8) is 0 Å². The zero-order chi connectivity index (χ0) is 14.5. The minimum absolute atomic E-state index is 0.0446. The molecule has 1 aliphatic heterocycles. The molecule has 0 aliphatic carbocycles. The highest BCUT2D eigenvalue weighted by Crippen LogP contribution is 2.37. The van der Waals surface area contributed by atoms with Gasteiger partial charge in [-0.3, -0.25) is 4.79 Å². The van der Waals surface area contributed by atoms with Gasteiger partial charge in [-0.05, 0) is 24.1 Å². The average molecular weight is 327 g/mol. The van der Waals surface area contributed by atoms with Gasteiger partial charge in [0.25, 0.3) is 0 Å². The highest BCUT2D eigenvalue weighted by molar-refractivity contribution is 8.00. The number of fused-ring (bicyclic) bond motifs is 1. The van der Waals surface area contributed by atoms with E-state index >= 15 is 0 Å². The molecule has 0 fully saturated rings. The molecular weight excluding hydrogens is 312 g/mol. The summed E-state index contributed by atoms with van der Waals surface area (Å²) in [6.45, 7) is 2.84. The Labute approximate surface area is 132 Å². The van der Waals surface area contributed by atoms with E-state index in [4.69, 9.17) is 16.9 Å². The van der Waals surface area contributed by atoms with Crippen LogP contribution in [-0.4, -0.2) is 29.7 Å². The molecule has 0 radical (unpaired) electrons. The van der Waals surface area contributed by atoms with Crippen molar-refractivity contribution in [3.05, 3.63) is 23.2 Å². The molecule has 1 aromatic rings. The van der Waals surface area contributed by atoms with E-state index in [1.807, 2.05) is 29.2 Å². The predicted molar refractivity (Wildman–Crippen MR) is 86.6 cm³/mol. The van der Waals surface area contributed by atoms with E-state index in [-0.39, 0.29) is 5.91 Å². The van der Waals surface area contributed by atoms with Gasteiger partial charge in [-0.15, -0.1) is 23.5 Å². The first-order valence-electron chi connectivity index (χ1n) is 6.29. The van der Waals surface area contributed by atoms with Gasteiger partial charge in [-0.25, -0.2) is 0 Å². The van der Waals surface area contributed by atoms with Crippen LogP contribution in [0.4, 0.5) is 5.69 Å². The summed E-state index contributed by atoms with van der Waals surface area (Å²) in [5.41, 5.74) is 0.898. The standard InChI is InChI=1S/C14H15ClN2OS2/c1-10-7-17(14(18)9-19-5-4-16)12-6-11(15)2-3-13(12)20-8-10/h2-3,6,10H,5,7-9H2,1H3. The summed E-state index contributed by atoms with van der Waals surface area (Å²) in [5.74, 6) is 2.13. The van der Waals surface area contributed by atoms with Gasteiger partial charge in [-0.1, -0.05) is 18.5 Å². The van der Waals surface area contributed by atoms with Crippen LogP contribution >= 0.6 is 35.1 Å². The fourth-order valence-electron chi connectivity index (χ4n) is 2.02. The van der Waals surface area contributed by atoms with Crippen LogP contribution in [0.3, 0.4) is 0 Å². The van der Waals surface area contributed by atoms with Crippen LogP contribution in [-0.2, 0) is 4.79 Å². The topological polar surface area (TPSA) is 44.1 Å². The molecule has 2 rings (SSSR count). The SMILES string of the molecule is CC1CSc2ccc(Cl)cc2N(C(=O)CSCC#N)C1. The van der Waals surface area contributed by atoms with Gasteiger partial charge >= 0.3 is 0 Å². The summed E-state index contributed by atoms with van der Waals surface area (Å²) >= 11 is 9.18. The average Bonchev–Trinajstić information content (AvgIpc) is 2.58. The first kappa shape index (κ1) is 15.6.